The molecule has 2 aliphatic carbocycles. The molecule has 0 amide bonds. The Morgan fingerprint density at radius 2 is 1.58 bits per heavy atom. The fourth-order valence-electron chi connectivity index (χ4n) is 5.18. The van der Waals surface area contributed by atoms with Crippen LogP contribution < -0.4 is 0 Å². The number of hydrogen-bond acceptors (Lipinski definition) is 1. The molecule has 2 saturated carbocycles. The van der Waals surface area contributed by atoms with Crippen LogP contribution in [-0.2, 0) is 0 Å². The van der Waals surface area contributed by atoms with Crippen molar-refractivity contribution in [2.45, 2.75) is 91.6 Å². The van der Waals surface area contributed by atoms with Crippen molar-refractivity contribution in [2.75, 3.05) is 0 Å². The van der Waals surface area contributed by atoms with Gasteiger partial charge in [0.05, 0.1) is 6.10 Å². The zero-order chi connectivity index (χ0) is 14.1. The van der Waals surface area contributed by atoms with E-state index in [1.807, 2.05) is 0 Å². The van der Waals surface area contributed by atoms with E-state index in [1.165, 1.54) is 57.8 Å². The van der Waals surface area contributed by atoms with Crippen molar-refractivity contribution in [3.63, 3.8) is 0 Å². The Hall–Kier alpha value is -0.0400. The van der Waals surface area contributed by atoms with Crippen LogP contribution in [0.2, 0.25) is 0 Å². The quantitative estimate of drug-likeness (QED) is 0.630. The smallest absolute Gasteiger partial charge is 0.0647 e. The van der Waals surface area contributed by atoms with Crippen molar-refractivity contribution in [3.8, 4) is 0 Å². The highest BCUT2D eigenvalue weighted by Crippen LogP contribution is 2.65. The van der Waals surface area contributed by atoms with Gasteiger partial charge in [0, 0.05) is 0 Å². The minimum absolute atomic E-state index is 0.0780. The van der Waals surface area contributed by atoms with Crippen molar-refractivity contribution >= 4 is 0 Å². The van der Waals surface area contributed by atoms with E-state index in [4.69, 9.17) is 0 Å². The number of fused-ring (bicyclic) bond motifs is 2. The van der Waals surface area contributed by atoms with Crippen LogP contribution in [0.1, 0.15) is 85.5 Å². The average Bonchev–Trinajstić information content (AvgIpc) is 2.78. The average molecular weight is 266 g/mol. The standard InChI is InChI=1S/C18H34O/c1-5-6-7-8-9-10-11-14-12-18(4)13-15(14)17(2,3)16(18)19/h14-16,19H,5-13H2,1-4H3/t14?,15-,16+,18+/m0/s1. The molecule has 0 heterocycles. The van der Waals surface area contributed by atoms with Crippen LogP contribution in [0.4, 0.5) is 0 Å². The van der Waals surface area contributed by atoms with Gasteiger partial charge in [-0.1, -0.05) is 72.6 Å². The minimum Gasteiger partial charge on any atom is -0.392 e. The van der Waals surface area contributed by atoms with Crippen molar-refractivity contribution in [3.05, 3.63) is 0 Å². The maximum absolute atomic E-state index is 10.5. The molecule has 0 saturated heterocycles. The first-order valence-corrected chi connectivity index (χ1v) is 8.60. The predicted molar refractivity (Wildman–Crippen MR) is 82.1 cm³/mol. The van der Waals surface area contributed by atoms with Crippen molar-refractivity contribution in [1.82, 2.24) is 0 Å². The molecule has 0 aromatic heterocycles. The van der Waals surface area contributed by atoms with Crippen LogP contribution in [0.3, 0.4) is 0 Å². The second-order valence-corrected chi connectivity index (χ2v) is 8.21. The van der Waals surface area contributed by atoms with E-state index in [-0.39, 0.29) is 16.9 Å². The summed E-state index contributed by atoms with van der Waals surface area (Å²) in [5.74, 6) is 1.65. The van der Waals surface area contributed by atoms with Gasteiger partial charge in [0.1, 0.15) is 0 Å². The van der Waals surface area contributed by atoms with E-state index in [9.17, 15) is 5.11 Å². The Labute approximate surface area is 120 Å². The van der Waals surface area contributed by atoms with Gasteiger partial charge in [0.15, 0.2) is 0 Å². The molecule has 2 bridgehead atoms. The zero-order valence-electron chi connectivity index (χ0n) is 13.5. The normalized spacial score (nSPS) is 39.9. The molecule has 2 aliphatic rings. The van der Waals surface area contributed by atoms with E-state index in [2.05, 4.69) is 27.7 Å². The zero-order valence-corrected chi connectivity index (χ0v) is 13.5. The summed E-state index contributed by atoms with van der Waals surface area (Å²) in [6.07, 6.45) is 12.3. The topological polar surface area (TPSA) is 20.2 Å². The summed E-state index contributed by atoms with van der Waals surface area (Å²) in [6, 6.07) is 0. The second kappa shape index (κ2) is 5.76. The first kappa shape index (κ1) is 15.4. The Balaban J connectivity index is 1.75. The van der Waals surface area contributed by atoms with Crippen molar-refractivity contribution in [1.29, 1.82) is 0 Å². The molecule has 1 N–H and O–H groups in total. The van der Waals surface area contributed by atoms with Gasteiger partial charge in [-0.3, -0.25) is 0 Å². The molecule has 2 fully saturated rings. The Morgan fingerprint density at radius 1 is 0.947 bits per heavy atom. The molecule has 0 aromatic carbocycles. The lowest BCUT2D eigenvalue weighted by Gasteiger charge is -2.43. The molecule has 4 atom stereocenters. The van der Waals surface area contributed by atoms with Crippen LogP contribution >= 0.6 is 0 Å². The van der Waals surface area contributed by atoms with E-state index >= 15 is 0 Å². The molecular weight excluding hydrogens is 232 g/mol. The summed E-state index contributed by atoms with van der Waals surface area (Å²) in [6.45, 7) is 9.19. The van der Waals surface area contributed by atoms with Crippen LogP contribution in [0.25, 0.3) is 0 Å². The van der Waals surface area contributed by atoms with Gasteiger partial charge in [0.2, 0.25) is 0 Å². The van der Waals surface area contributed by atoms with Crippen molar-refractivity contribution < 1.29 is 5.11 Å². The third-order valence-electron chi connectivity index (χ3n) is 6.23. The molecule has 0 radical (unpaired) electrons. The third kappa shape index (κ3) is 2.86. The minimum atomic E-state index is -0.0780. The molecule has 0 spiro atoms. The summed E-state index contributed by atoms with van der Waals surface area (Å²) >= 11 is 0. The van der Waals surface area contributed by atoms with Crippen LogP contribution in [0, 0.1) is 22.7 Å². The molecule has 2 rings (SSSR count). The summed E-state index contributed by atoms with van der Waals surface area (Å²) in [4.78, 5) is 0. The number of aliphatic hydroxyl groups excluding tert-OH is 1. The summed E-state index contributed by atoms with van der Waals surface area (Å²) in [7, 11) is 0. The highest BCUT2D eigenvalue weighted by Gasteiger charge is 2.62. The molecule has 1 unspecified atom stereocenters. The highest BCUT2D eigenvalue weighted by atomic mass is 16.3. The lowest BCUT2D eigenvalue weighted by Crippen LogP contribution is -2.43. The lowest BCUT2D eigenvalue weighted by molar-refractivity contribution is -0.0546. The van der Waals surface area contributed by atoms with E-state index in [0.717, 1.165) is 11.8 Å². The summed E-state index contributed by atoms with van der Waals surface area (Å²) < 4.78 is 0. The van der Waals surface area contributed by atoms with Crippen LogP contribution in [0.15, 0.2) is 0 Å². The van der Waals surface area contributed by atoms with Gasteiger partial charge >= 0.3 is 0 Å². The fourth-order valence-corrected chi connectivity index (χ4v) is 5.18. The molecule has 112 valence electrons. The van der Waals surface area contributed by atoms with Crippen LogP contribution in [-0.4, -0.2) is 11.2 Å². The monoisotopic (exact) mass is 266 g/mol. The highest BCUT2D eigenvalue weighted by molar-refractivity contribution is 5.11. The number of hydrogen-bond donors (Lipinski definition) is 1. The largest absolute Gasteiger partial charge is 0.392 e. The predicted octanol–water partition coefficient (Wildman–Crippen LogP) is 5.17. The van der Waals surface area contributed by atoms with E-state index < -0.39 is 0 Å². The summed E-state index contributed by atoms with van der Waals surface area (Å²) in [5, 5.41) is 10.5. The van der Waals surface area contributed by atoms with Gasteiger partial charge in [-0.25, -0.2) is 0 Å². The Bertz CT molecular complexity index is 291. The first-order chi connectivity index (χ1) is 8.92. The summed E-state index contributed by atoms with van der Waals surface area (Å²) in [5.41, 5.74) is 0.376. The molecule has 19 heavy (non-hydrogen) atoms. The van der Waals surface area contributed by atoms with Gasteiger partial charge in [-0.2, -0.15) is 0 Å². The maximum Gasteiger partial charge on any atom is 0.0647 e. The number of aliphatic hydroxyl groups is 1. The molecule has 0 aromatic rings. The SMILES string of the molecule is CCCCCCCCC1C[C@]2(C)C[C@@H]1C(C)(C)[C@H]2O. The van der Waals surface area contributed by atoms with Gasteiger partial charge in [-0.15, -0.1) is 0 Å². The van der Waals surface area contributed by atoms with Crippen molar-refractivity contribution in [2.24, 2.45) is 22.7 Å². The van der Waals surface area contributed by atoms with Gasteiger partial charge in [0.25, 0.3) is 0 Å². The Morgan fingerprint density at radius 3 is 2.16 bits per heavy atom. The van der Waals surface area contributed by atoms with E-state index in [0.29, 0.717) is 0 Å². The third-order valence-corrected chi connectivity index (χ3v) is 6.23. The van der Waals surface area contributed by atoms with Crippen LogP contribution in [0.5, 0.6) is 0 Å². The van der Waals surface area contributed by atoms with Gasteiger partial charge in [-0.05, 0) is 35.5 Å². The molecule has 0 aliphatic heterocycles. The first-order valence-electron chi connectivity index (χ1n) is 8.60. The maximum atomic E-state index is 10.5. The lowest BCUT2D eigenvalue weighted by atomic mass is 9.65. The van der Waals surface area contributed by atoms with E-state index in [1.54, 1.807) is 0 Å². The molecular formula is C18H34O. The molecule has 1 nitrogen and oxygen atoms in total. The van der Waals surface area contributed by atoms with Gasteiger partial charge < -0.3 is 5.11 Å². The fraction of sp³-hybridized carbons (Fsp3) is 1.00. The molecule has 1 heteroatoms. The Kier molecular flexibility index (Phi) is 4.65. The number of unbranched alkanes of at least 4 members (excludes halogenated alkanes) is 5. The second-order valence-electron chi connectivity index (χ2n) is 8.21. The number of rotatable bonds is 7.